The third-order valence-corrected chi connectivity index (χ3v) is 1.65. The zero-order valence-corrected chi connectivity index (χ0v) is 7.38. The van der Waals surface area contributed by atoms with E-state index in [-0.39, 0.29) is 18.0 Å². The lowest BCUT2D eigenvalue weighted by molar-refractivity contribution is -0.577. The first-order valence-electron chi connectivity index (χ1n) is 3.48. The van der Waals surface area contributed by atoms with Gasteiger partial charge in [-0.25, -0.2) is 0 Å². The largest absolute Gasteiger partial charge is 0.618 e. The maximum atomic E-state index is 11.1. The molecule has 0 aliphatic rings. The highest BCUT2D eigenvalue weighted by Gasteiger charge is 2.00. The van der Waals surface area contributed by atoms with E-state index in [2.05, 4.69) is 4.98 Å². The zero-order valence-electron chi connectivity index (χ0n) is 6.56. The number of nitrogens with zero attached hydrogens (tertiary/aromatic N) is 1. The Kier molecular flexibility index (Phi) is 2.53. The Bertz CT molecular complexity index is 481. The molecule has 5 heteroatoms. The minimum Gasteiger partial charge on any atom is -0.618 e. The van der Waals surface area contributed by atoms with Gasteiger partial charge in [-0.3, -0.25) is 4.79 Å². The molecule has 0 aromatic carbocycles. The third-order valence-electron chi connectivity index (χ3n) is 1.65. The number of rotatable bonds is 0. The van der Waals surface area contributed by atoms with Crippen molar-refractivity contribution in [1.82, 2.24) is 4.98 Å². The van der Waals surface area contributed by atoms with Gasteiger partial charge in [-0.1, -0.05) is 0 Å². The molecule has 68 valence electrons. The van der Waals surface area contributed by atoms with Crippen LogP contribution in [0, 0.1) is 5.21 Å². The molecule has 0 spiro atoms. The van der Waals surface area contributed by atoms with Gasteiger partial charge in [0.15, 0.2) is 6.20 Å². The first-order chi connectivity index (χ1) is 5.77. The normalized spacial score (nSPS) is 9.54. The van der Waals surface area contributed by atoms with Crippen LogP contribution in [0.15, 0.2) is 35.3 Å². The fourth-order valence-corrected chi connectivity index (χ4v) is 1.10. The maximum absolute atomic E-state index is 11.1. The molecule has 1 N–H and O–H groups in total. The molecule has 0 unspecified atom stereocenters. The fourth-order valence-electron chi connectivity index (χ4n) is 1.10. The minimum absolute atomic E-state index is 0. The van der Waals surface area contributed by atoms with Crippen LogP contribution >= 0.6 is 12.4 Å². The molecule has 0 atom stereocenters. The van der Waals surface area contributed by atoms with E-state index in [4.69, 9.17) is 0 Å². The number of aromatic amines is 1. The van der Waals surface area contributed by atoms with Gasteiger partial charge in [0, 0.05) is 18.2 Å². The second kappa shape index (κ2) is 3.45. The summed E-state index contributed by atoms with van der Waals surface area (Å²) in [5.74, 6) is 0. The van der Waals surface area contributed by atoms with Gasteiger partial charge in [-0.2, -0.15) is 4.73 Å². The van der Waals surface area contributed by atoms with Crippen molar-refractivity contribution in [3.05, 3.63) is 46.0 Å². The van der Waals surface area contributed by atoms with Crippen molar-refractivity contribution < 1.29 is 4.73 Å². The number of halogens is 1. The monoisotopic (exact) mass is 198 g/mol. The topological polar surface area (TPSA) is 59.8 Å². The Morgan fingerprint density at radius 2 is 2.08 bits per heavy atom. The van der Waals surface area contributed by atoms with E-state index in [0.29, 0.717) is 15.8 Å². The van der Waals surface area contributed by atoms with Crippen LogP contribution in [0.1, 0.15) is 0 Å². The van der Waals surface area contributed by atoms with E-state index in [1.165, 1.54) is 18.3 Å². The highest BCUT2D eigenvalue weighted by molar-refractivity contribution is 5.85. The van der Waals surface area contributed by atoms with Crippen LogP contribution in [0.3, 0.4) is 0 Å². The average molecular weight is 199 g/mol. The predicted octanol–water partition coefficient (Wildman–Crippen LogP) is 0.583. The predicted molar refractivity (Wildman–Crippen MR) is 50.8 cm³/mol. The molecule has 4 nitrogen and oxygen atoms in total. The van der Waals surface area contributed by atoms with Crippen LogP contribution in [-0.4, -0.2) is 4.98 Å². The van der Waals surface area contributed by atoms with Crippen LogP contribution in [-0.2, 0) is 0 Å². The molecular formula is C8H7ClN2O2. The van der Waals surface area contributed by atoms with Crippen molar-refractivity contribution in [2.45, 2.75) is 0 Å². The van der Waals surface area contributed by atoms with Gasteiger partial charge in [0.05, 0.1) is 0 Å². The van der Waals surface area contributed by atoms with Crippen LogP contribution in [0.5, 0.6) is 0 Å². The number of hydrogen-bond donors (Lipinski definition) is 1. The lowest BCUT2D eigenvalue weighted by Gasteiger charge is -1.98. The Balaban J connectivity index is 0.000000845. The van der Waals surface area contributed by atoms with Gasteiger partial charge in [0.25, 0.3) is 0 Å². The molecule has 13 heavy (non-hydrogen) atoms. The van der Waals surface area contributed by atoms with E-state index in [9.17, 15) is 10.0 Å². The first kappa shape index (κ1) is 9.54. The Morgan fingerprint density at radius 1 is 1.31 bits per heavy atom. The third kappa shape index (κ3) is 1.62. The molecular weight excluding hydrogens is 192 g/mol. The summed E-state index contributed by atoms with van der Waals surface area (Å²) in [6.45, 7) is 0. The van der Waals surface area contributed by atoms with Crippen LogP contribution in [0.4, 0.5) is 0 Å². The number of hydrogen-bond acceptors (Lipinski definition) is 2. The lowest BCUT2D eigenvalue weighted by Crippen LogP contribution is -2.26. The highest BCUT2D eigenvalue weighted by Crippen LogP contribution is 2.00. The highest BCUT2D eigenvalue weighted by atomic mass is 35.5. The van der Waals surface area contributed by atoms with E-state index in [0.717, 1.165) is 0 Å². The number of H-pyrrole nitrogens is 1. The Morgan fingerprint density at radius 3 is 2.85 bits per heavy atom. The molecule has 2 heterocycles. The summed E-state index contributed by atoms with van der Waals surface area (Å²) >= 11 is 0. The molecule has 0 radical (unpaired) electrons. The zero-order chi connectivity index (χ0) is 8.55. The first-order valence-corrected chi connectivity index (χ1v) is 3.48. The van der Waals surface area contributed by atoms with Gasteiger partial charge < -0.3 is 10.2 Å². The Labute approximate surface area is 79.8 Å². The van der Waals surface area contributed by atoms with Gasteiger partial charge in [-0.15, -0.1) is 12.4 Å². The summed E-state index contributed by atoms with van der Waals surface area (Å²) in [6, 6.07) is 6.11. The van der Waals surface area contributed by atoms with Crippen molar-refractivity contribution in [1.29, 1.82) is 0 Å². The van der Waals surface area contributed by atoms with E-state index < -0.39 is 0 Å². The van der Waals surface area contributed by atoms with Gasteiger partial charge in [0.2, 0.25) is 11.1 Å². The number of aromatic nitrogens is 2. The lowest BCUT2D eigenvalue weighted by atomic mass is 10.3. The van der Waals surface area contributed by atoms with Crippen LogP contribution in [0.2, 0.25) is 0 Å². The fraction of sp³-hybridized carbons (Fsp3) is 0. The van der Waals surface area contributed by atoms with E-state index >= 15 is 0 Å². The molecule has 0 bridgehead atoms. The average Bonchev–Trinajstić information content (AvgIpc) is 2.04. The molecule has 0 aliphatic carbocycles. The SMILES string of the molecule is Cl.O=c1ccc2c(ccc[n+]2[O-])[nH]1. The van der Waals surface area contributed by atoms with Crippen molar-refractivity contribution >= 4 is 23.4 Å². The van der Waals surface area contributed by atoms with Gasteiger partial charge in [0.1, 0.15) is 5.52 Å². The van der Waals surface area contributed by atoms with E-state index in [1.807, 2.05) is 0 Å². The van der Waals surface area contributed by atoms with Crippen molar-refractivity contribution in [2.24, 2.45) is 0 Å². The summed E-state index contributed by atoms with van der Waals surface area (Å²) < 4.78 is 0.714. The van der Waals surface area contributed by atoms with Crippen molar-refractivity contribution in [3.63, 3.8) is 0 Å². The van der Waals surface area contributed by atoms with Crippen LogP contribution in [0.25, 0.3) is 11.0 Å². The standard InChI is InChI=1S/C8H6N2O2.ClH/c11-8-4-3-7-6(9-8)2-1-5-10(7)12;/h1-5H,(H,9,11);1H. The minimum atomic E-state index is -0.200. The number of pyridine rings is 2. The van der Waals surface area contributed by atoms with Gasteiger partial charge >= 0.3 is 0 Å². The molecule has 2 rings (SSSR count). The van der Waals surface area contributed by atoms with Crippen molar-refractivity contribution in [3.8, 4) is 0 Å². The molecule has 0 aliphatic heterocycles. The second-order valence-electron chi connectivity index (χ2n) is 2.46. The smallest absolute Gasteiger partial charge is 0.248 e. The summed E-state index contributed by atoms with van der Waals surface area (Å²) in [4.78, 5) is 13.4. The summed E-state index contributed by atoms with van der Waals surface area (Å²) in [6.07, 6.45) is 1.39. The molecule has 0 fully saturated rings. The summed E-state index contributed by atoms with van der Waals surface area (Å²) in [5, 5.41) is 11.1. The second-order valence-corrected chi connectivity index (χ2v) is 2.46. The molecule has 0 amide bonds. The number of fused-ring (bicyclic) bond motifs is 1. The number of nitrogens with one attached hydrogen (secondary N) is 1. The Hall–Kier alpha value is -1.55. The summed E-state index contributed by atoms with van der Waals surface area (Å²) in [5.41, 5.74) is 0.825. The molecule has 2 aromatic heterocycles. The van der Waals surface area contributed by atoms with E-state index in [1.54, 1.807) is 12.1 Å². The maximum Gasteiger partial charge on any atom is 0.248 e. The van der Waals surface area contributed by atoms with Crippen molar-refractivity contribution in [2.75, 3.05) is 0 Å². The quantitative estimate of drug-likeness (QED) is 0.497. The summed E-state index contributed by atoms with van der Waals surface area (Å²) in [7, 11) is 0. The molecule has 0 saturated carbocycles. The van der Waals surface area contributed by atoms with Crippen LogP contribution < -0.4 is 10.3 Å². The molecule has 0 saturated heterocycles. The van der Waals surface area contributed by atoms with Gasteiger partial charge in [-0.05, 0) is 6.07 Å². The molecule has 2 aromatic rings.